The maximum atomic E-state index is 12.5. The zero-order valence-corrected chi connectivity index (χ0v) is 13.2. The van der Waals surface area contributed by atoms with E-state index in [1.807, 2.05) is 32.0 Å². The highest BCUT2D eigenvalue weighted by atomic mass is 79.9. The number of hydrogen-bond acceptors (Lipinski definition) is 2. The quantitative estimate of drug-likeness (QED) is 0.835. The summed E-state index contributed by atoms with van der Waals surface area (Å²) in [5.41, 5.74) is 3.65. The number of carbonyl (C=O) groups is 1. The second-order valence-corrected chi connectivity index (χ2v) is 5.88. The fourth-order valence-corrected chi connectivity index (χ4v) is 2.83. The van der Waals surface area contributed by atoms with Crippen LogP contribution in [0.4, 0.5) is 0 Å². The lowest BCUT2D eigenvalue weighted by molar-refractivity contribution is 0.0942. The molecule has 0 unspecified atom stereocenters. The van der Waals surface area contributed by atoms with Crippen molar-refractivity contribution in [3.8, 4) is 0 Å². The lowest BCUT2D eigenvalue weighted by Gasteiger charge is -2.07. The van der Waals surface area contributed by atoms with E-state index in [-0.39, 0.29) is 5.91 Å². The van der Waals surface area contributed by atoms with Gasteiger partial charge in [0.25, 0.3) is 5.91 Å². The van der Waals surface area contributed by atoms with E-state index in [1.165, 1.54) is 4.68 Å². The minimum atomic E-state index is -0.0891. The first-order valence-electron chi connectivity index (χ1n) is 6.28. The summed E-state index contributed by atoms with van der Waals surface area (Å²) < 4.78 is 2.40. The molecular formula is C15H17BrN2O. The first-order valence-corrected chi connectivity index (χ1v) is 7.07. The van der Waals surface area contributed by atoms with Gasteiger partial charge in [-0.05, 0) is 43.5 Å². The molecular weight excluding hydrogens is 304 g/mol. The summed E-state index contributed by atoms with van der Waals surface area (Å²) >= 11 is 3.38. The van der Waals surface area contributed by atoms with Crippen LogP contribution in [0, 0.1) is 13.8 Å². The third kappa shape index (κ3) is 2.63. The molecule has 2 rings (SSSR count). The molecule has 0 spiro atoms. The second-order valence-electron chi connectivity index (χ2n) is 4.97. The number of rotatable bonds is 2. The van der Waals surface area contributed by atoms with Crippen molar-refractivity contribution in [2.75, 3.05) is 0 Å². The van der Waals surface area contributed by atoms with Gasteiger partial charge in [0, 0.05) is 15.7 Å². The van der Waals surface area contributed by atoms with Crippen LogP contribution in [0.1, 0.15) is 47.1 Å². The van der Waals surface area contributed by atoms with E-state index >= 15 is 0 Å². The van der Waals surface area contributed by atoms with Gasteiger partial charge in [-0.2, -0.15) is 5.10 Å². The molecule has 0 saturated carbocycles. The van der Waals surface area contributed by atoms with Crippen molar-refractivity contribution in [2.45, 2.75) is 33.6 Å². The molecule has 100 valence electrons. The molecule has 1 aromatic carbocycles. The van der Waals surface area contributed by atoms with Crippen molar-refractivity contribution in [1.29, 1.82) is 0 Å². The average Bonchev–Trinajstić information content (AvgIpc) is 2.63. The van der Waals surface area contributed by atoms with E-state index in [1.54, 1.807) is 6.07 Å². The maximum absolute atomic E-state index is 12.5. The Morgan fingerprint density at radius 1 is 1.32 bits per heavy atom. The van der Waals surface area contributed by atoms with Crippen LogP contribution in [0.25, 0.3) is 0 Å². The third-order valence-electron chi connectivity index (χ3n) is 3.19. The van der Waals surface area contributed by atoms with E-state index in [2.05, 4.69) is 34.9 Å². The Labute approximate surface area is 121 Å². The molecule has 3 nitrogen and oxygen atoms in total. The van der Waals surface area contributed by atoms with E-state index in [9.17, 15) is 4.79 Å². The molecule has 0 saturated heterocycles. The molecule has 2 aromatic rings. The van der Waals surface area contributed by atoms with Gasteiger partial charge in [0.15, 0.2) is 0 Å². The molecule has 0 bridgehead atoms. The smallest absolute Gasteiger partial charge is 0.267 e. The third-order valence-corrected chi connectivity index (χ3v) is 3.68. The summed E-state index contributed by atoms with van der Waals surface area (Å²) in [5.74, 6) is 0.276. The van der Waals surface area contributed by atoms with Gasteiger partial charge in [-0.15, -0.1) is 0 Å². The molecule has 0 aliphatic heterocycles. The molecule has 0 N–H and O–H groups in total. The largest absolute Gasteiger partial charge is 0.278 e. The Kier molecular flexibility index (Phi) is 3.90. The Morgan fingerprint density at radius 3 is 2.53 bits per heavy atom. The van der Waals surface area contributed by atoms with Crippen molar-refractivity contribution in [3.05, 3.63) is 51.3 Å². The zero-order valence-electron chi connectivity index (χ0n) is 11.6. The van der Waals surface area contributed by atoms with Crippen LogP contribution >= 0.6 is 15.9 Å². The van der Waals surface area contributed by atoms with E-state index < -0.39 is 0 Å². The molecule has 0 radical (unpaired) electrons. The fraction of sp³-hybridized carbons (Fsp3) is 0.333. The number of nitrogens with zero attached hydrogens (tertiary/aromatic N) is 2. The average molecular weight is 321 g/mol. The van der Waals surface area contributed by atoms with Crippen LogP contribution in [-0.2, 0) is 0 Å². The molecule has 0 atom stereocenters. The van der Waals surface area contributed by atoms with Crippen LogP contribution in [0.15, 0.2) is 28.7 Å². The topological polar surface area (TPSA) is 34.9 Å². The number of halogens is 1. The first-order chi connectivity index (χ1) is 8.91. The number of hydrogen-bond donors (Lipinski definition) is 0. The minimum absolute atomic E-state index is 0.0891. The Hall–Kier alpha value is -1.42. The van der Waals surface area contributed by atoms with Crippen LogP contribution < -0.4 is 0 Å². The molecule has 1 heterocycles. The predicted molar refractivity (Wildman–Crippen MR) is 79.7 cm³/mol. The van der Waals surface area contributed by atoms with Crippen LogP contribution in [-0.4, -0.2) is 15.7 Å². The number of benzene rings is 1. The lowest BCUT2D eigenvalue weighted by Crippen LogP contribution is -2.15. The van der Waals surface area contributed by atoms with Gasteiger partial charge in [0.05, 0.1) is 5.69 Å². The van der Waals surface area contributed by atoms with Gasteiger partial charge in [0.2, 0.25) is 0 Å². The van der Waals surface area contributed by atoms with E-state index in [0.717, 1.165) is 21.4 Å². The Morgan fingerprint density at radius 2 is 2.00 bits per heavy atom. The highest BCUT2D eigenvalue weighted by Crippen LogP contribution is 2.23. The lowest BCUT2D eigenvalue weighted by atomic mass is 10.0. The van der Waals surface area contributed by atoms with E-state index in [4.69, 9.17) is 0 Å². The Balaban J connectivity index is 2.48. The molecule has 0 aliphatic rings. The molecule has 1 aromatic heterocycles. The standard InChI is InChI=1S/C15H17BrN2O/c1-9(2)14-10(3)17-18(11(14)4)15(19)12-6-5-7-13(16)8-12/h5-9H,1-4H3. The summed E-state index contributed by atoms with van der Waals surface area (Å²) in [6.07, 6.45) is 0. The predicted octanol–water partition coefficient (Wildman–Crippen LogP) is 4.07. The van der Waals surface area contributed by atoms with Gasteiger partial charge in [-0.25, -0.2) is 4.68 Å². The Bertz CT molecular complexity index is 629. The second kappa shape index (κ2) is 5.29. The maximum Gasteiger partial charge on any atom is 0.278 e. The van der Waals surface area contributed by atoms with Crippen molar-refractivity contribution < 1.29 is 4.79 Å². The first kappa shape index (κ1) is 14.0. The van der Waals surface area contributed by atoms with Crippen molar-refractivity contribution in [3.63, 3.8) is 0 Å². The van der Waals surface area contributed by atoms with Crippen molar-refractivity contribution in [1.82, 2.24) is 9.78 Å². The van der Waals surface area contributed by atoms with Crippen molar-refractivity contribution >= 4 is 21.8 Å². The van der Waals surface area contributed by atoms with Crippen molar-refractivity contribution in [2.24, 2.45) is 0 Å². The normalized spacial score (nSPS) is 11.1. The summed E-state index contributed by atoms with van der Waals surface area (Å²) in [4.78, 5) is 12.5. The monoisotopic (exact) mass is 320 g/mol. The summed E-state index contributed by atoms with van der Waals surface area (Å²) in [6.45, 7) is 8.13. The highest BCUT2D eigenvalue weighted by Gasteiger charge is 2.19. The van der Waals surface area contributed by atoms with Gasteiger partial charge >= 0.3 is 0 Å². The van der Waals surface area contributed by atoms with Gasteiger partial charge in [-0.3, -0.25) is 4.79 Å². The summed E-state index contributed by atoms with van der Waals surface area (Å²) in [5, 5.41) is 4.39. The van der Waals surface area contributed by atoms with Crippen LogP contribution in [0.5, 0.6) is 0 Å². The molecule has 0 aliphatic carbocycles. The fourth-order valence-electron chi connectivity index (χ4n) is 2.43. The minimum Gasteiger partial charge on any atom is -0.267 e. The van der Waals surface area contributed by atoms with Crippen LogP contribution in [0.3, 0.4) is 0 Å². The van der Waals surface area contributed by atoms with Crippen LogP contribution in [0.2, 0.25) is 0 Å². The summed E-state index contributed by atoms with van der Waals surface area (Å²) in [7, 11) is 0. The zero-order chi connectivity index (χ0) is 14.2. The number of carbonyl (C=O) groups excluding carboxylic acids is 1. The molecule has 4 heteroatoms. The van der Waals surface area contributed by atoms with Gasteiger partial charge in [0.1, 0.15) is 0 Å². The molecule has 0 fully saturated rings. The van der Waals surface area contributed by atoms with E-state index in [0.29, 0.717) is 11.5 Å². The highest BCUT2D eigenvalue weighted by molar-refractivity contribution is 9.10. The molecule has 19 heavy (non-hydrogen) atoms. The van der Waals surface area contributed by atoms with Gasteiger partial charge in [-0.1, -0.05) is 35.8 Å². The molecule has 0 amide bonds. The summed E-state index contributed by atoms with van der Waals surface area (Å²) in [6, 6.07) is 7.37. The SMILES string of the molecule is Cc1nn(C(=O)c2cccc(Br)c2)c(C)c1C(C)C. The van der Waals surface area contributed by atoms with Gasteiger partial charge < -0.3 is 0 Å². The number of aromatic nitrogens is 2. The number of aryl methyl sites for hydroxylation is 1.